The van der Waals surface area contributed by atoms with Crippen LogP contribution < -0.4 is 4.74 Å². The first-order valence-electron chi connectivity index (χ1n) is 8.12. The van der Waals surface area contributed by atoms with E-state index in [1.807, 2.05) is 41.5 Å². The van der Waals surface area contributed by atoms with Crippen molar-refractivity contribution in [3.05, 3.63) is 29.8 Å². The third kappa shape index (κ3) is 6.22. The lowest BCUT2D eigenvalue weighted by Gasteiger charge is -2.36. The molecule has 0 bridgehead atoms. The molecule has 0 fully saturated rings. The van der Waals surface area contributed by atoms with Gasteiger partial charge in [-0.15, -0.1) is 0 Å². The quantitative estimate of drug-likeness (QED) is 0.771. The molecule has 0 saturated carbocycles. The minimum absolute atomic E-state index is 0.117. The summed E-state index contributed by atoms with van der Waals surface area (Å²) in [5, 5.41) is 0. The molecule has 134 valence electrons. The molecule has 0 N–H and O–H groups in total. The highest BCUT2D eigenvalue weighted by molar-refractivity contribution is 5.95. The molecule has 1 amide bonds. The summed E-state index contributed by atoms with van der Waals surface area (Å²) in [6, 6.07) is 6.96. The van der Waals surface area contributed by atoms with E-state index in [1.54, 1.807) is 36.3 Å². The topological polar surface area (TPSA) is 55.8 Å². The molecule has 0 unspecified atom stereocenters. The number of rotatable bonds is 5. The third-order valence-corrected chi connectivity index (χ3v) is 3.35. The normalized spacial score (nSPS) is 11.8. The number of amides is 1. The van der Waals surface area contributed by atoms with Crippen LogP contribution in [0.5, 0.6) is 5.75 Å². The number of carbonyl (C=O) groups is 2. The minimum Gasteiger partial charge on any atom is -0.497 e. The van der Waals surface area contributed by atoms with Crippen molar-refractivity contribution in [1.29, 1.82) is 0 Å². The van der Waals surface area contributed by atoms with Gasteiger partial charge in [-0.2, -0.15) is 0 Å². The van der Waals surface area contributed by atoms with Crippen LogP contribution in [0.25, 0.3) is 0 Å². The molecule has 0 aliphatic heterocycles. The molecule has 0 saturated heterocycles. The summed E-state index contributed by atoms with van der Waals surface area (Å²) in [6.45, 7) is 11.6. The second kappa shape index (κ2) is 7.69. The summed E-state index contributed by atoms with van der Waals surface area (Å²) in [5.41, 5.74) is -0.363. The molecule has 24 heavy (non-hydrogen) atoms. The fourth-order valence-electron chi connectivity index (χ4n) is 2.23. The summed E-state index contributed by atoms with van der Waals surface area (Å²) < 4.78 is 10.4. The van der Waals surface area contributed by atoms with Gasteiger partial charge in [0.05, 0.1) is 13.5 Å². The number of esters is 1. The van der Waals surface area contributed by atoms with Gasteiger partial charge in [0.1, 0.15) is 11.4 Å². The number of carbonyl (C=O) groups excluding carboxylic acids is 2. The second-order valence-corrected chi connectivity index (χ2v) is 7.69. The summed E-state index contributed by atoms with van der Waals surface area (Å²) in [6.07, 6.45) is 0.163. The van der Waals surface area contributed by atoms with E-state index >= 15 is 0 Å². The molecule has 1 rings (SSSR count). The van der Waals surface area contributed by atoms with E-state index in [2.05, 4.69) is 0 Å². The van der Waals surface area contributed by atoms with Crippen molar-refractivity contribution < 1.29 is 19.1 Å². The second-order valence-electron chi connectivity index (χ2n) is 7.69. The van der Waals surface area contributed by atoms with E-state index in [4.69, 9.17) is 9.47 Å². The predicted octanol–water partition coefficient (Wildman–Crippen LogP) is 3.67. The first-order chi connectivity index (χ1) is 10.9. The van der Waals surface area contributed by atoms with Crippen LogP contribution in [-0.2, 0) is 9.53 Å². The summed E-state index contributed by atoms with van der Waals surface area (Å²) in [4.78, 5) is 26.5. The molecule has 0 atom stereocenters. The molecule has 1 aromatic rings. The fraction of sp³-hybridized carbons (Fsp3) is 0.579. The maximum absolute atomic E-state index is 12.8. The highest BCUT2D eigenvalue weighted by Crippen LogP contribution is 2.20. The Bertz CT molecular complexity index is 565. The lowest BCUT2D eigenvalue weighted by atomic mass is 10.0. The van der Waals surface area contributed by atoms with Gasteiger partial charge in [0, 0.05) is 17.6 Å². The van der Waals surface area contributed by atoms with Crippen LogP contribution in [0.1, 0.15) is 58.3 Å². The molecule has 1 aromatic carbocycles. The average molecular weight is 335 g/mol. The molecular weight excluding hydrogens is 306 g/mol. The number of nitrogens with zero attached hydrogens (tertiary/aromatic N) is 1. The lowest BCUT2D eigenvalue weighted by molar-refractivity contribution is -0.155. The average Bonchev–Trinajstić information content (AvgIpc) is 2.44. The Morgan fingerprint density at radius 2 is 1.54 bits per heavy atom. The molecule has 0 heterocycles. The van der Waals surface area contributed by atoms with Gasteiger partial charge in [-0.25, -0.2) is 0 Å². The highest BCUT2D eigenvalue weighted by Gasteiger charge is 2.28. The Kier molecular flexibility index (Phi) is 6.41. The van der Waals surface area contributed by atoms with Crippen LogP contribution in [0.15, 0.2) is 24.3 Å². The Morgan fingerprint density at radius 1 is 1.00 bits per heavy atom. The van der Waals surface area contributed by atoms with Crippen LogP contribution in [0.3, 0.4) is 0 Å². The first-order valence-corrected chi connectivity index (χ1v) is 8.12. The maximum Gasteiger partial charge on any atom is 0.308 e. The molecule has 0 radical (unpaired) electrons. The van der Waals surface area contributed by atoms with Crippen LogP contribution in [0, 0.1) is 0 Å². The van der Waals surface area contributed by atoms with E-state index in [1.165, 1.54) is 0 Å². The van der Waals surface area contributed by atoms with Crippen LogP contribution >= 0.6 is 0 Å². The van der Waals surface area contributed by atoms with Crippen molar-refractivity contribution in [3.8, 4) is 5.75 Å². The largest absolute Gasteiger partial charge is 0.497 e. The Morgan fingerprint density at radius 3 is 1.96 bits per heavy atom. The van der Waals surface area contributed by atoms with Gasteiger partial charge in [0.25, 0.3) is 5.91 Å². The Labute approximate surface area is 144 Å². The van der Waals surface area contributed by atoms with Gasteiger partial charge in [0.2, 0.25) is 0 Å². The number of hydrogen-bond acceptors (Lipinski definition) is 4. The molecule has 5 heteroatoms. The monoisotopic (exact) mass is 335 g/mol. The molecule has 0 aromatic heterocycles. The highest BCUT2D eigenvalue weighted by atomic mass is 16.6. The number of benzene rings is 1. The van der Waals surface area contributed by atoms with Gasteiger partial charge >= 0.3 is 5.97 Å². The molecule has 0 spiro atoms. The van der Waals surface area contributed by atoms with Crippen LogP contribution in [0.2, 0.25) is 0 Å². The maximum atomic E-state index is 12.8. The van der Waals surface area contributed by atoms with E-state index in [0.717, 1.165) is 0 Å². The zero-order valence-corrected chi connectivity index (χ0v) is 15.8. The Hall–Kier alpha value is -2.04. The van der Waals surface area contributed by atoms with E-state index < -0.39 is 11.1 Å². The zero-order chi connectivity index (χ0) is 18.5. The number of ether oxygens (including phenoxy) is 2. The summed E-state index contributed by atoms with van der Waals surface area (Å²) in [5.74, 6) is 0.274. The van der Waals surface area contributed by atoms with Gasteiger partial charge in [-0.3, -0.25) is 9.59 Å². The zero-order valence-electron chi connectivity index (χ0n) is 15.8. The van der Waals surface area contributed by atoms with Gasteiger partial charge in [-0.1, -0.05) is 0 Å². The minimum atomic E-state index is -0.524. The van der Waals surface area contributed by atoms with Crippen LogP contribution in [0.4, 0.5) is 0 Å². The van der Waals surface area contributed by atoms with E-state index in [9.17, 15) is 9.59 Å². The van der Waals surface area contributed by atoms with Crippen molar-refractivity contribution in [2.45, 2.75) is 59.1 Å². The SMILES string of the molecule is COc1ccc(C(=O)N(CCC(=O)OC(C)(C)C)C(C)(C)C)cc1. The number of hydrogen-bond donors (Lipinski definition) is 0. The molecule has 0 aliphatic rings. The van der Waals surface area contributed by atoms with Gasteiger partial charge in [0.15, 0.2) is 0 Å². The Balaban J connectivity index is 2.85. The van der Waals surface area contributed by atoms with E-state index in [0.29, 0.717) is 17.9 Å². The summed E-state index contributed by atoms with van der Waals surface area (Å²) >= 11 is 0. The van der Waals surface area contributed by atoms with Crippen molar-refractivity contribution in [2.75, 3.05) is 13.7 Å². The fourth-order valence-corrected chi connectivity index (χ4v) is 2.23. The standard InChI is InChI=1S/C19H29NO4/c1-18(2,3)20(13-12-16(21)24-19(4,5)6)17(22)14-8-10-15(23-7)11-9-14/h8-11H,12-13H2,1-7H3. The van der Waals surface area contributed by atoms with Gasteiger partial charge in [-0.05, 0) is 65.8 Å². The smallest absolute Gasteiger partial charge is 0.308 e. The van der Waals surface area contributed by atoms with Crippen molar-refractivity contribution in [3.63, 3.8) is 0 Å². The summed E-state index contributed by atoms with van der Waals surface area (Å²) in [7, 11) is 1.58. The first kappa shape index (κ1) is 20.0. The molecule has 0 aliphatic carbocycles. The number of methoxy groups -OCH3 is 1. The molecular formula is C19H29NO4. The van der Waals surface area contributed by atoms with Gasteiger partial charge < -0.3 is 14.4 Å². The van der Waals surface area contributed by atoms with Crippen molar-refractivity contribution in [1.82, 2.24) is 4.90 Å². The third-order valence-electron chi connectivity index (χ3n) is 3.35. The predicted molar refractivity (Wildman–Crippen MR) is 94.2 cm³/mol. The lowest BCUT2D eigenvalue weighted by Crippen LogP contribution is -2.46. The van der Waals surface area contributed by atoms with Crippen LogP contribution in [-0.4, -0.2) is 41.6 Å². The van der Waals surface area contributed by atoms with E-state index in [-0.39, 0.29) is 18.3 Å². The van der Waals surface area contributed by atoms with Crippen molar-refractivity contribution in [2.24, 2.45) is 0 Å². The van der Waals surface area contributed by atoms with Crippen molar-refractivity contribution >= 4 is 11.9 Å². The molecule has 5 nitrogen and oxygen atoms in total.